The van der Waals surface area contributed by atoms with Crippen molar-refractivity contribution in [1.82, 2.24) is 4.90 Å². The number of fused-ring (bicyclic) bond motifs is 2. The summed E-state index contributed by atoms with van der Waals surface area (Å²) in [5.74, 6) is 0. The fourth-order valence-corrected chi connectivity index (χ4v) is 2.70. The molecule has 3 unspecified atom stereocenters. The van der Waals surface area contributed by atoms with E-state index in [1.165, 1.54) is 0 Å². The molecular formula is C11H20FNO2. The van der Waals surface area contributed by atoms with E-state index in [0.717, 1.165) is 26.1 Å². The molecule has 0 aliphatic carbocycles. The molecule has 0 aromatic rings. The fraction of sp³-hybridized carbons (Fsp3) is 1.00. The van der Waals surface area contributed by atoms with Crippen molar-refractivity contribution in [3.8, 4) is 0 Å². The van der Waals surface area contributed by atoms with Crippen molar-refractivity contribution in [2.75, 3.05) is 33.5 Å². The maximum absolute atomic E-state index is 14.0. The number of alkyl halides is 1. The molecule has 0 amide bonds. The van der Waals surface area contributed by atoms with E-state index in [9.17, 15) is 4.39 Å². The van der Waals surface area contributed by atoms with Crippen molar-refractivity contribution in [2.24, 2.45) is 0 Å². The Balaban J connectivity index is 1.94. The van der Waals surface area contributed by atoms with Gasteiger partial charge in [0.15, 0.2) is 0 Å². The highest BCUT2D eigenvalue weighted by atomic mass is 19.1. The zero-order chi connectivity index (χ0) is 10.9. The Labute approximate surface area is 90.5 Å². The molecule has 0 radical (unpaired) electrons. The van der Waals surface area contributed by atoms with Crippen LogP contribution in [0.4, 0.5) is 4.39 Å². The van der Waals surface area contributed by atoms with Gasteiger partial charge in [0.05, 0.1) is 19.8 Å². The van der Waals surface area contributed by atoms with Crippen molar-refractivity contribution in [3.05, 3.63) is 0 Å². The number of rotatable bonds is 4. The summed E-state index contributed by atoms with van der Waals surface area (Å²) >= 11 is 0. The molecule has 4 heteroatoms. The Morgan fingerprint density at radius 1 is 1.40 bits per heavy atom. The second kappa shape index (κ2) is 4.36. The lowest BCUT2D eigenvalue weighted by Gasteiger charge is -2.38. The van der Waals surface area contributed by atoms with Gasteiger partial charge in [-0.05, 0) is 19.8 Å². The Morgan fingerprint density at radius 2 is 2.00 bits per heavy atom. The number of hydrogen-bond acceptors (Lipinski definition) is 3. The normalized spacial score (nSPS) is 35.4. The quantitative estimate of drug-likeness (QED) is 0.707. The molecule has 0 spiro atoms. The van der Waals surface area contributed by atoms with Gasteiger partial charge >= 0.3 is 0 Å². The highest BCUT2D eigenvalue weighted by Crippen LogP contribution is 2.30. The lowest BCUT2D eigenvalue weighted by molar-refractivity contribution is -0.0518. The third-order valence-electron chi connectivity index (χ3n) is 3.35. The first-order valence-electron chi connectivity index (χ1n) is 5.64. The minimum absolute atomic E-state index is 0.170. The van der Waals surface area contributed by atoms with Crippen LogP contribution < -0.4 is 0 Å². The molecular weight excluding hydrogens is 197 g/mol. The van der Waals surface area contributed by atoms with Crippen LogP contribution in [0.5, 0.6) is 0 Å². The highest BCUT2D eigenvalue weighted by Gasteiger charge is 2.41. The van der Waals surface area contributed by atoms with E-state index in [1.54, 1.807) is 14.0 Å². The number of morpholine rings is 1. The second-order valence-electron chi connectivity index (χ2n) is 4.94. The summed E-state index contributed by atoms with van der Waals surface area (Å²) in [4.78, 5) is 2.27. The lowest BCUT2D eigenvalue weighted by Crippen LogP contribution is -2.52. The smallest absolute Gasteiger partial charge is 0.144 e. The maximum atomic E-state index is 14.0. The van der Waals surface area contributed by atoms with Crippen LogP contribution in [-0.2, 0) is 9.47 Å². The van der Waals surface area contributed by atoms with Crippen LogP contribution in [0.3, 0.4) is 0 Å². The molecule has 2 bridgehead atoms. The molecule has 0 saturated carbocycles. The lowest BCUT2D eigenvalue weighted by atomic mass is 10.1. The third-order valence-corrected chi connectivity index (χ3v) is 3.35. The number of halogens is 1. The molecule has 2 aliphatic rings. The predicted molar refractivity (Wildman–Crippen MR) is 55.7 cm³/mol. The van der Waals surface area contributed by atoms with E-state index < -0.39 is 5.67 Å². The molecule has 0 aromatic heterocycles. The van der Waals surface area contributed by atoms with Crippen molar-refractivity contribution >= 4 is 0 Å². The molecule has 15 heavy (non-hydrogen) atoms. The molecule has 2 aliphatic heterocycles. The first-order valence-corrected chi connectivity index (χ1v) is 5.64. The standard InChI is InChI=1S/C11H20FNO2/c1-11(12,8-14-2)7-13-9-3-4-10(13)6-15-5-9/h9-10H,3-8H2,1-2H3. The van der Waals surface area contributed by atoms with E-state index in [2.05, 4.69) is 4.90 Å². The summed E-state index contributed by atoms with van der Waals surface area (Å²) in [6.07, 6.45) is 2.29. The first kappa shape index (κ1) is 11.3. The third kappa shape index (κ3) is 2.49. The van der Waals surface area contributed by atoms with E-state index in [-0.39, 0.29) is 6.61 Å². The Hall–Kier alpha value is -0.190. The summed E-state index contributed by atoms with van der Waals surface area (Å²) in [5.41, 5.74) is -1.24. The van der Waals surface area contributed by atoms with Crippen LogP contribution >= 0.6 is 0 Å². The molecule has 2 fully saturated rings. The van der Waals surface area contributed by atoms with Crippen LogP contribution in [0.25, 0.3) is 0 Å². The van der Waals surface area contributed by atoms with E-state index >= 15 is 0 Å². The van der Waals surface area contributed by atoms with Crippen molar-refractivity contribution in [1.29, 1.82) is 0 Å². The van der Waals surface area contributed by atoms with Gasteiger partial charge < -0.3 is 9.47 Å². The van der Waals surface area contributed by atoms with Crippen molar-refractivity contribution < 1.29 is 13.9 Å². The van der Waals surface area contributed by atoms with E-state index in [0.29, 0.717) is 18.6 Å². The SMILES string of the molecule is COCC(C)(F)CN1C2CCC1COC2. The average Bonchev–Trinajstić information content (AvgIpc) is 2.41. The summed E-state index contributed by atoms with van der Waals surface area (Å²) in [6, 6.07) is 0.853. The van der Waals surface area contributed by atoms with Gasteiger partial charge in [0.1, 0.15) is 5.67 Å². The van der Waals surface area contributed by atoms with Crippen LogP contribution in [-0.4, -0.2) is 56.1 Å². The van der Waals surface area contributed by atoms with Gasteiger partial charge in [0.25, 0.3) is 0 Å². The Kier molecular flexibility index (Phi) is 3.28. The summed E-state index contributed by atoms with van der Waals surface area (Å²) in [5, 5.41) is 0. The molecule has 2 saturated heterocycles. The van der Waals surface area contributed by atoms with Gasteiger partial charge in [-0.2, -0.15) is 0 Å². The van der Waals surface area contributed by atoms with Crippen LogP contribution in [0.2, 0.25) is 0 Å². The van der Waals surface area contributed by atoms with Gasteiger partial charge in [0.2, 0.25) is 0 Å². The molecule has 3 nitrogen and oxygen atoms in total. The summed E-state index contributed by atoms with van der Waals surface area (Å²) < 4.78 is 24.4. The summed E-state index contributed by atoms with van der Waals surface area (Å²) in [6.45, 7) is 3.79. The minimum Gasteiger partial charge on any atom is -0.381 e. The van der Waals surface area contributed by atoms with Gasteiger partial charge in [-0.3, -0.25) is 4.90 Å². The Morgan fingerprint density at radius 3 is 2.53 bits per heavy atom. The van der Waals surface area contributed by atoms with Crippen LogP contribution in [0.15, 0.2) is 0 Å². The number of hydrogen-bond donors (Lipinski definition) is 0. The van der Waals surface area contributed by atoms with Gasteiger partial charge in [-0.25, -0.2) is 4.39 Å². The first-order chi connectivity index (χ1) is 7.12. The number of methoxy groups -OCH3 is 1. The topological polar surface area (TPSA) is 21.7 Å². The van der Waals surface area contributed by atoms with Crippen LogP contribution in [0.1, 0.15) is 19.8 Å². The molecule has 88 valence electrons. The number of nitrogens with zero attached hydrogens (tertiary/aromatic N) is 1. The van der Waals surface area contributed by atoms with Crippen LogP contribution in [0, 0.1) is 0 Å². The van der Waals surface area contributed by atoms with Gasteiger partial charge in [0, 0.05) is 25.7 Å². The van der Waals surface area contributed by atoms with Crippen molar-refractivity contribution in [2.45, 2.75) is 37.5 Å². The largest absolute Gasteiger partial charge is 0.381 e. The summed E-state index contributed by atoms with van der Waals surface area (Å²) in [7, 11) is 1.55. The molecule has 0 N–H and O–H groups in total. The monoisotopic (exact) mass is 217 g/mol. The average molecular weight is 217 g/mol. The molecule has 0 aromatic carbocycles. The van der Waals surface area contributed by atoms with E-state index in [1.807, 2.05) is 0 Å². The van der Waals surface area contributed by atoms with Gasteiger partial charge in [-0.15, -0.1) is 0 Å². The second-order valence-corrected chi connectivity index (χ2v) is 4.94. The van der Waals surface area contributed by atoms with E-state index in [4.69, 9.17) is 9.47 Å². The van der Waals surface area contributed by atoms with Gasteiger partial charge in [-0.1, -0.05) is 0 Å². The zero-order valence-corrected chi connectivity index (χ0v) is 9.54. The Bertz CT molecular complexity index is 207. The number of ether oxygens (including phenoxy) is 2. The highest BCUT2D eigenvalue weighted by molar-refractivity contribution is 4.94. The maximum Gasteiger partial charge on any atom is 0.144 e. The molecule has 3 atom stereocenters. The molecule has 2 rings (SSSR count). The minimum atomic E-state index is -1.24. The fourth-order valence-electron chi connectivity index (χ4n) is 2.70. The zero-order valence-electron chi connectivity index (χ0n) is 9.54. The van der Waals surface area contributed by atoms with Crippen molar-refractivity contribution in [3.63, 3.8) is 0 Å². The molecule has 2 heterocycles. The predicted octanol–water partition coefficient (Wildman–Crippen LogP) is 1.22.